The third-order valence-corrected chi connectivity index (χ3v) is 4.22. The maximum Gasteiger partial charge on any atom is 0.407 e. The van der Waals surface area contributed by atoms with Crippen molar-refractivity contribution in [2.75, 3.05) is 0 Å². The lowest BCUT2D eigenvalue weighted by atomic mass is 9.91. The van der Waals surface area contributed by atoms with Crippen LogP contribution in [0.25, 0.3) is 0 Å². The molecule has 0 spiro atoms. The Morgan fingerprint density at radius 1 is 1.33 bits per heavy atom. The summed E-state index contributed by atoms with van der Waals surface area (Å²) >= 11 is 0. The van der Waals surface area contributed by atoms with Crippen molar-refractivity contribution in [1.29, 1.82) is 0 Å². The van der Waals surface area contributed by atoms with Crippen LogP contribution in [0.4, 0.5) is 4.79 Å². The van der Waals surface area contributed by atoms with Crippen LogP contribution in [0.5, 0.6) is 0 Å². The molecular formula is C16H21NO4. The number of benzene rings is 1. The maximum atomic E-state index is 11.9. The third kappa shape index (κ3) is 4.21. The van der Waals surface area contributed by atoms with Crippen LogP contribution in [-0.4, -0.2) is 23.2 Å². The molecule has 21 heavy (non-hydrogen) atoms. The highest BCUT2D eigenvalue weighted by Gasteiger charge is 2.49. The molecule has 1 amide bonds. The van der Waals surface area contributed by atoms with Gasteiger partial charge in [-0.05, 0) is 30.2 Å². The van der Waals surface area contributed by atoms with E-state index in [2.05, 4.69) is 5.32 Å². The van der Waals surface area contributed by atoms with Crippen LogP contribution in [0.1, 0.15) is 38.2 Å². The topological polar surface area (TPSA) is 75.6 Å². The van der Waals surface area contributed by atoms with Crippen molar-refractivity contribution in [3.63, 3.8) is 0 Å². The van der Waals surface area contributed by atoms with Gasteiger partial charge in [-0.15, -0.1) is 0 Å². The molecule has 5 heteroatoms. The van der Waals surface area contributed by atoms with E-state index < -0.39 is 12.1 Å². The Bertz CT molecular complexity index is 496. The van der Waals surface area contributed by atoms with Gasteiger partial charge in [0.25, 0.3) is 0 Å². The first kappa shape index (κ1) is 15.4. The largest absolute Gasteiger partial charge is 0.481 e. The number of hydrogen-bond acceptors (Lipinski definition) is 3. The van der Waals surface area contributed by atoms with Crippen molar-refractivity contribution >= 4 is 12.1 Å². The number of nitrogens with one attached hydrogen (secondary N) is 1. The Labute approximate surface area is 124 Å². The molecule has 114 valence electrons. The highest BCUT2D eigenvalue weighted by molar-refractivity contribution is 5.71. The molecule has 1 unspecified atom stereocenters. The van der Waals surface area contributed by atoms with Crippen molar-refractivity contribution in [2.45, 2.75) is 45.3 Å². The number of carbonyl (C=O) groups excluding carboxylic acids is 1. The van der Waals surface area contributed by atoms with Gasteiger partial charge in [0.15, 0.2) is 0 Å². The van der Waals surface area contributed by atoms with E-state index in [9.17, 15) is 9.59 Å². The summed E-state index contributed by atoms with van der Waals surface area (Å²) in [5.74, 6) is -0.900. The van der Waals surface area contributed by atoms with Gasteiger partial charge >= 0.3 is 12.1 Å². The van der Waals surface area contributed by atoms with Crippen molar-refractivity contribution in [1.82, 2.24) is 5.32 Å². The standard InChI is InChI=1S/C16H21NO4/c1-2-16(8-9-16)13(10-14(18)19)17-15(20)21-11-12-6-4-3-5-7-12/h3-7,13H,2,8-11H2,1H3,(H,17,20)(H,18,19). The Hall–Kier alpha value is -2.04. The molecule has 1 atom stereocenters. The molecule has 0 saturated heterocycles. The predicted octanol–water partition coefficient (Wildman–Crippen LogP) is 2.95. The second-order valence-corrected chi connectivity index (χ2v) is 5.57. The zero-order valence-electron chi connectivity index (χ0n) is 12.2. The first-order valence-corrected chi connectivity index (χ1v) is 7.25. The van der Waals surface area contributed by atoms with E-state index in [0.717, 1.165) is 24.8 Å². The number of carbonyl (C=O) groups is 2. The first-order chi connectivity index (χ1) is 10.1. The van der Waals surface area contributed by atoms with Gasteiger partial charge in [0.05, 0.1) is 6.42 Å². The number of carboxylic acid groups (broad SMARTS) is 1. The molecule has 0 radical (unpaired) electrons. The van der Waals surface area contributed by atoms with Gasteiger partial charge < -0.3 is 15.2 Å². The maximum absolute atomic E-state index is 11.9. The van der Waals surface area contributed by atoms with Crippen molar-refractivity contribution < 1.29 is 19.4 Å². The van der Waals surface area contributed by atoms with Crippen molar-refractivity contribution in [3.8, 4) is 0 Å². The van der Waals surface area contributed by atoms with Crippen LogP contribution in [0.2, 0.25) is 0 Å². The highest BCUT2D eigenvalue weighted by Crippen LogP contribution is 2.52. The summed E-state index contributed by atoms with van der Waals surface area (Å²) in [5, 5.41) is 11.7. The molecule has 0 aromatic heterocycles. The van der Waals surface area contributed by atoms with Crippen LogP contribution in [0.3, 0.4) is 0 Å². The quantitative estimate of drug-likeness (QED) is 0.810. The molecule has 1 saturated carbocycles. The first-order valence-electron chi connectivity index (χ1n) is 7.25. The molecule has 5 nitrogen and oxygen atoms in total. The van der Waals surface area contributed by atoms with E-state index in [0.29, 0.717) is 0 Å². The molecule has 1 fully saturated rings. The molecule has 0 heterocycles. The van der Waals surface area contributed by atoms with Crippen LogP contribution in [0.15, 0.2) is 30.3 Å². The Balaban J connectivity index is 1.88. The van der Waals surface area contributed by atoms with Gasteiger partial charge in [-0.3, -0.25) is 4.79 Å². The molecule has 0 bridgehead atoms. The minimum atomic E-state index is -0.900. The molecule has 0 aliphatic heterocycles. The lowest BCUT2D eigenvalue weighted by Gasteiger charge is -2.25. The number of aliphatic carboxylic acids is 1. The molecule has 1 aromatic carbocycles. The lowest BCUT2D eigenvalue weighted by molar-refractivity contribution is -0.138. The van der Waals surface area contributed by atoms with Gasteiger partial charge in [-0.25, -0.2) is 4.79 Å². The molecule has 1 aromatic rings. The van der Waals surface area contributed by atoms with Crippen molar-refractivity contribution in [2.24, 2.45) is 5.41 Å². The van der Waals surface area contributed by atoms with E-state index in [4.69, 9.17) is 9.84 Å². The average Bonchev–Trinajstić information content (AvgIpc) is 3.26. The molecule has 1 aliphatic rings. The summed E-state index contributed by atoms with van der Waals surface area (Å²) in [4.78, 5) is 22.8. The monoisotopic (exact) mass is 291 g/mol. The van der Waals surface area contributed by atoms with Gasteiger partial charge in [0, 0.05) is 6.04 Å². The van der Waals surface area contributed by atoms with Gasteiger partial charge in [-0.1, -0.05) is 37.3 Å². The zero-order valence-corrected chi connectivity index (χ0v) is 12.2. The second-order valence-electron chi connectivity index (χ2n) is 5.57. The molecular weight excluding hydrogens is 270 g/mol. The van der Waals surface area contributed by atoms with Crippen LogP contribution in [0, 0.1) is 5.41 Å². The van der Waals surface area contributed by atoms with Crippen LogP contribution in [-0.2, 0) is 16.1 Å². The van der Waals surface area contributed by atoms with Crippen LogP contribution < -0.4 is 5.32 Å². The summed E-state index contributed by atoms with van der Waals surface area (Å²) < 4.78 is 5.16. The third-order valence-electron chi connectivity index (χ3n) is 4.22. The SMILES string of the molecule is CCC1(C(CC(=O)O)NC(=O)OCc2ccccc2)CC1. The number of ether oxygens (including phenoxy) is 1. The molecule has 2 N–H and O–H groups in total. The number of hydrogen-bond donors (Lipinski definition) is 2. The van der Waals surface area contributed by atoms with Gasteiger partial charge in [0.1, 0.15) is 6.61 Å². The smallest absolute Gasteiger partial charge is 0.407 e. The minimum Gasteiger partial charge on any atom is -0.481 e. The van der Waals surface area contributed by atoms with E-state index in [1.165, 1.54) is 0 Å². The molecule has 2 rings (SSSR count). The summed E-state index contributed by atoms with van der Waals surface area (Å²) in [6.45, 7) is 2.21. The second kappa shape index (κ2) is 6.61. The zero-order chi connectivity index (χ0) is 15.3. The van der Waals surface area contributed by atoms with E-state index in [-0.39, 0.29) is 24.5 Å². The van der Waals surface area contributed by atoms with Crippen LogP contribution >= 0.6 is 0 Å². The summed E-state index contributed by atoms with van der Waals surface area (Å²) in [7, 11) is 0. The number of rotatable bonds is 7. The fourth-order valence-corrected chi connectivity index (χ4v) is 2.61. The van der Waals surface area contributed by atoms with E-state index in [1.807, 2.05) is 37.3 Å². The fourth-order valence-electron chi connectivity index (χ4n) is 2.61. The minimum absolute atomic E-state index is 0.0612. The van der Waals surface area contributed by atoms with Crippen molar-refractivity contribution in [3.05, 3.63) is 35.9 Å². The Morgan fingerprint density at radius 3 is 2.52 bits per heavy atom. The Morgan fingerprint density at radius 2 is 2.00 bits per heavy atom. The highest BCUT2D eigenvalue weighted by atomic mass is 16.5. The lowest BCUT2D eigenvalue weighted by Crippen LogP contribution is -2.43. The molecule has 1 aliphatic carbocycles. The predicted molar refractivity (Wildman–Crippen MR) is 77.8 cm³/mol. The average molecular weight is 291 g/mol. The summed E-state index contributed by atoms with van der Waals surface area (Å²) in [5.41, 5.74) is 0.837. The summed E-state index contributed by atoms with van der Waals surface area (Å²) in [6.07, 6.45) is 2.17. The number of amides is 1. The summed E-state index contributed by atoms with van der Waals surface area (Å²) in [6, 6.07) is 9.03. The number of alkyl carbamates (subject to hydrolysis) is 1. The normalized spacial score (nSPS) is 16.8. The van der Waals surface area contributed by atoms with Gasteiger partial charge in [0.2, 0.25) is 0 Å². The van der Waals surface area contributed by atoms with Gasteiger partial charge in [-0.2, -0.15) is 0 Å². The van der Waals surface area contributed by atoms with E-state index >= 15 is 0 Å². The number of carboxylic acids is 1. The fraction of sp³-hybridized carbons (Fsp3) is 0.500. The van der Waals surface area contributed by atoms with E-state index in [1.54, 1.807) is 0 Å². The Kier molecular flexibility index (Phi) is 4.83.